The molecule has 2 aromatic heterocycles. The maximum Gasteiger partial charge on any atom is 0.264 e. The number of nitrogens with zero attached hydrogens (tertiary/aromatic N) is 2. The van der Waals surface area contributed by atoms with E-state index in [2.05, 4.69) is 10.2 Å². The molecule has 1 N–H and O–H groups in total. The van der Waals surface area contributed by atoms with Crippen LogP contribution < -0.4 is 11.0 Å². The number of hydrogen-bond donors (Lipinski definition) is 1. The molecule has 0 radical (unpaired) electrons. The van der Waals surface area contributed by atoms with Crippen LogP contribution in [0.25, 0.3) is 16.9 Å². The summed E-state index contributed by atoms with van der Waals surface area (Å²) >= 11 is 0. The van der Waals surface area contributed by atoms with Gasteiger partial charge in [0.25, 0.3) is 5.56 Å². The molecule has 3 aromatic rings. The quantitative estimate of drug-likeness (QED) is 0.765. The Kier molecular flexibility index (Phi) is 3.01. The summed E-state index contributed by atoms with van der Waals surface area (Å²) in [4.78, 5) is 22.0. The Morgan fingerprint density at radius 3 is 2.15 bits per heavy atom. The first-order valence-corrected chi connectivity index (χ1v) is 6.07. The second-order valence-corrected chi connectivity index (χ2v) is 4.29. The van der Waals surface area contributed by atoms with Gasteiger partial charge in [-0.3, -0.25) is 9.59 Å². The molecule has 0 unspecified atom stereocenters. The third kappa shape index (κ3) is 2.42. The Bertz CT molecular complexity index is 734. The molecular weight excluding hydrogens is 254 g/mol. The van der Waals surface area contributed by atoms with Crippen molar-refractivity contribution in [2.45, 2.75) is 0 Å². The average Bonchev–Trinajstić information content (AvgIpc) is 2.49. The van der Waals surface area contributed by atoms with E-state index in [0.29, 0.717) is 5.69 Å². The Balaban J connectivity index is 1.95. The largest absolute Gasteiger partial charge is 0.324 e. The number of pyridine rings is 1. The summed E-state index contributed by atoms with van der Waals surface area (Å²) in [5.74, 6) is 0. The number of aromatic amines is 1. The average molecular weight is 265 g/mol. The fourth-order valence-electron chi connectivity index (χ4n) is 1.89. The number of hydrogen-bond acceptors (Lipinski definition) is 3. The zero-order valence-corrected chi connectivity index (χ0v) is 10.5. The molecule has 0 bridgehead atoms. The van der Waals surface area contributed by atoms with Gasteiger partial charge >= 0.3 is 0 Å². The summed E-state index contributed by atoms with van der Waals surface area (Å²) in [6.07, 6.45) is 3.44. The van der Waals surface area contributed by atoms with E-state index < -0.39 is 0 Å². The summed E-state index contributed by atoms with van der Waals surface area (Å²) in [7, 11) is 0. The van der Waals surface area contributed by atoms with E-state index in [9.17, 15) is 9.59 Å². The maximum absolute atomic E-state index is 11.1. The van der Waals surface area contributed by atoms with Crippen LogP contribution in [-0.4, -0.2) is 14.8 Å². The Labute approximate surface area is 114 Å². The van der Waals surface area contributed by atoms with Crippen molar-refractivity contribution in [3.8, 4) is 16.9 Å². The van der Waals surface area contributed by atoms with Crippen molar-refractivity contribution in [2.75, 3.05) is 0 Å². The normalized spacial score (nSPS) is 10.4. The molecule has 0 spiro atoms. The Morgan fingerprint density at radius 1 is 0.850 bits per heavy atom. The Hall–Kier alpha value is -2.95. The molecule has 20 heavy (non-hydrogen) atoms. The molecule has 1 aromatic carbocycles. The smallest absolute Gasteiger partial charge is 0.264 e. The van der Waals surface area contributed by atoms with Gasteiger partial charge in [-0.2, -0.15) is 5.10 Å². The first-order valence-electron chi connectivity index (χ1n) is 6.07. The predicted octanol–water partition coefficient (Wildman–Crippen LogP) is 1.59. The molecule has 0 aliphatic carbocycles. The molecule has 0 aliphatic rings. The summed E-state index contributed by atoms with van der Waals surface area (Å²) in [5, 5.41) is 6.38. The van der Waals surface area contributed by atoms with Gasteiger partial charge in [0.2, 0.25) is 0 Å². The summed E-state index contributed by atoms with van der Waals surface area (Å²) in [6, 6.07) is 13.8. The maximum atomic E-state index is 11.1. The molecule has 0 saturated carbocycles. The van der Waals surface area contributed by atoms with Gasteiger partial charge in [0.15, 0.2) is 5.43 Å². The highest BCUT2D eigenvalue weighted by atomic mass is 16.1. The fourth-order valence-corrected chi connectivity index (χ4v) is 1.89. The van der Waals surface area contributed by atoms with Gasteiger partial charge < -0.3 is 4.57 Å². The standard InChI is InChI=1S/C15H11N3O2/c19-13-7-9-18(10-8-13)12-3-1-11(2-4-12)14-5-6-15(20)17-16-14/h1-10H,(H,17,20). The summed E-state index contributed by atoms with van der Waals surface area (Å²) < 4.78 is 1.85. The van der Waals surface area contributed by atoms with Crippen molar-refractivity contribution >= 4 is 0 Å². The second kappa shape index (κ2) is 4.97. The lowest BCUT2D eigenvalue weighted by Crippen LogP contribution is -2.05. The minimum absolute atomic E-state index is 0.0182. The molecule has 5 heteroatoms. The van der Waals surface area contributed by atoms with Crippen LogP contribution in [0.2, 0.25) is 0 Å². The van der Waals surface area contributed by atoms with Crippen molar-refractivity contribution < 1.29 is 0 Å². The molecule has 0 amide bonds. The second-order valence-electron chi connectivity index (χ2n) is 4.29. The molecule has 2 heterocycles. The summed E-state index contributed by atoms with van der Waals surface area (Å²) in [5.41, 5.74) is 2.31. The lowest BCUT2D eigenvalue weighted by Gasteiger charge is -2.06. The lowest BCUT2D eigenvalue weighted by molar-refractivity contribution is 0.994. The number of rotatable bonds is 2. The highest BCUT2D eigenvalue weighted by Gasteiger charge is 2.00. The lowest BCUT2D eigenvalue weighted by atomic mass is 10.1. The van der Waals surface area contributed by atoms with E-state index in [1.165, 1.54) is 18.2 Å². The van der Waals surface area contributed by atoms with E-state index >= 15 is 0 Å². The van der Waals surface area contributed by atoms with Gasteiger partial charge in [0.05, 0.1) is 5.69 Å². The fraction of sp³-hybridized carbons (Fsp3) is 0. The van der Waals surface area contributed by atoms with Gasteiger partial charge in [-0.25, -0.2) is 5.10 Å². The van der Waals surface area contributed by atoms with Crippen LogP contribution >= 0.6 is 0 Å². The van der Waals surface area contributed by atoms with Gasteiger partial charge in [-0.05, 0) is 18.2 Å². The van der Waals surface area contributed by atoms with E-state index in [1.54, 1.807) is 18.5 Å². The van der Waals surface area contributed by atoms with Gasteiger partial charge in [0.1, 0.15) is 0 Å². The predicted molar refractivity (Wildman–Crippen MR) is 75.9 cm³/mol. The molecule has 0 saturated heterocycles. The van der Waals surface area contributed by atoms with E-state index in [-0.39, 0.29) is 11.0 Å². The van der Waals surface area contributed by atoms with Crippen LogP contribution in [0.3, 0.4) is 0 Å². The molecule has 3 rings (SSSR count). The van der Waals surface area contributed by atoms with Crippen molar-refractivity contribution in [2.24, 2.45) is 0 Å². The summed E-state index contributed by atoms with van der Waals surface area (Å²) in [6.45, 7) is 0. The van der Waals surface area contributed by atoms with E-state index in [4.69, 9.17) is 0 Å². The number of benzene rings is 1. The van der Waals surface area contributed by atoms with Crippen LogP contribution in [0.4, 0.5) is 0 Å². The van der Waals surface area contributed by atoms with Gasteiger partial charge in [-0.15, -0.1) is 0 Å². The molecule has 5 nitrogen and oxygen atoms in total. The molecule has 0 fully saturated rings. The molecule has 98 valence electrons. The van der Waals surface area contributed by atoms with Crippen molar-refractivity contribution in [1.82, 2.24) is 14.8 Å². The molecular formula is C15H11N3O2. The van der Waals surface area contributed by atoms with Crippen molar-refractivity contribution in [1.29, 1.82) is 0 Å². The number of H-pyrrole nitrogens is 1. The van der Waals surface area contributed by atoms with Crippen molar-refractivity contribution in [3.63, 3.8) is 0 Å². The van der Waals surface area contributed by atoms with Crippen LogP contribution in [0.15, 0.2) is 70.5 Å². The topological polar surface area (TPSA) is 67.8 Å². The van der Waals surface area contributed by atoms with Crippen LogP contribution in [0, 0.1) is 0 Å². The third-order valence-corrected chi connectivity index (χ3v) is 2.94. The zero-order valence-electron chi connectivity index (χ0n) is 10.5. The number of nitrogens with one attached hydrogen (secondary N) is 1. The first kappa shape index (κ1) is 12.1. The minimum atomic E-state index is -0.223. The monoisotopic (exact) mass is 265 g/mol. The molecule has 0 aliphatic heterocycles. The van der Waals surface area contributed by atoms with E-state index in [1.807, 2.05) is 28.8 Å². The zero-order chi connectivity index (χ0) is 13.9. The van der Waals surface area contributed by atoms with Gasteiger partial charge in [-0.1, -0.05) is 12.1 Å². The van der Waals surface area contributed by atoms with Crippen LogP contribution in [-0.2, 0) is 0 Å². The van der Waals surface area contributed by atoms with Crippen molar-refractivity contribution in [3.05, 3.63) is 81.5 Å². The first-order chi connectivity index (χ1) is 9.72. The number of aromatic nitrogens is 3. The highest BCUT2D eigenvalue weighted by Crippen LogP contribution is 2.17. The van der Waals surface area contributed by atoms with Crippen LogP contribution in [0.5, 0.6) is 0 Å². The highest BCUT2D eigenvalue weighted by molar-refractivity contribution is 5.60. The Morgan fingerprint density at radius 2 is 1.55 bits per heavy atom. The van der Waals surface area contributed by atoms with Gasteiger partial charge in [0, 0.05) is 41.8 Å². The SMILES string of the molecule is O=c1ccn(-c2ccc(-c3ccc(=O)[nH]n3)cc2)cc1. The minimum Gasteiger partial charge on any atom is -0.324 e. The third-order valence-electron chi connectivity index (χ3n) is 2.94. The van der Waals surface area contributed by atoms with Crippen LogP contribution in [0.1, 0.15) is 0 Å². The van der Waals surface area contributed by atoms with E-state index in [0.717, 1.165) is 11.3 Å². The molecule has 0 atom stereocenters.